The van der Waals surface area contributed by atoms with Gasteiger partial charge in [-0.05, 0) is 12.8 Å². The number of hydrogen-bond donors (Lipinski definition) is 2. The molecule has 0 aromatic rings. The first-order valence-electron chi connectivity index (χ1n) is 5.60. The van der Waals surface area contributed by atoms with E-state index >= 15 is 0 Å². The molecule has 15 heteroatoms. The van der Waals surface area contributed by atoms with E-state index in [4.69, 9.17) is 10.2 Å². The minimum absolute atomic E-state index is 0. The summed E-state index contributed by atoms with van der Waals surface area (Å²) in [5, 5.41) is 16.1. The Labute approximate surface area is 150 Å². The van der Waals surface area contributed by atoms with Gasteiger partial charge in [0.05, 0.1) is 28.9 Å². The Morgan fingerprint density at radius 2 is 1.04 bits per heavy atom. The van der Waals surface area contributed by atoms with E-state index in [0.717, 1.165) is 0 Å². The Kier molecular flexibility index (Phi) is 17.4. The number of carboxylic acid groups (broad SMARTS) is 2. The van der Waals surface area contributed by atoms with Gasteiger partial charge in [-0.2, -0.15) is 0 Å². The van der Waals surface area contributed by atoms with Gasteiger partial charge in [0.2, 0.25) is 0 Å². The van der Waals surface area contributed by atoms with Gasteiger partial charge < -0.3 is 48.0 Å². The van der Waals surface area contributed by atoms with Gasteiger partial charge in [-0.3, -0.25) is 9.59 Å². The van der Waals surface area contributed by atoms with E-state index in [9.17, 15) is 38.3 Å². The summed E-state index contributed by atoms with van der Waals surface area (Å²) in [6.45, 7) is -0.729. The van der Waals surface area contributed by atoms with Crippen molar-refractivity contribution in [1.82, 2.24) is 0 Å². The molecule has 0 spiro atoms. The number of carbonyl (C=O) groups is 2. The summed E-state index contributed by atoms with van der Waals surface area (Å²) < 4.78 is 27.1. The van der Waals surface area contributed by atoms with Crippen LogP contribution in [0.15, 0.2) is 0 Å². The molecule has 12 nitrogen and oxygen atoms in total. The van der Waals surface area contributed by atoms with Gasteiger partial charge in [-0.1, -0.05) is 0 Å². The van der Waals surface area contributed by atoms with Crippen molar-refractivity contribution in [2.75, 3.05) is 13.2 Å². The summed E-state index contributed by atoms with van der Waals surface area (Å²) >= 11 is 0. The molecule has 0 amide bonds. The Morgan fingerprint density at radius 1 is 0.783 bits per heavy atom. The van der Waals surface area contributed by atoms with E-state index < -0.39 is 27.6 Å². The maximum atomic E-state index is 9.84. The molecule has 0 aliphatic heterocycles. The number of hydrogen-bond acceptors (Lipinski definition) is 10. The SMILES string of the molecule is O=C(O)CCCOP(=O)([O-])[O-].O=C(O)CCCOP(=O)([O-])[O-].[Zr+4]. The number of aliphatic carboxylic acids is 2. The van der Waals surface area contributed by atoms with Gasteiger partial charge >= 0.3 is 38.1 Å². The average Bonchev–Trinajstić information content (AvgIpc) is 2.28. The van der Waals surface area contributed by atoms with E-state index in [1.807, 2.05) is 0 Å². The number of carboxylic acids is 2. The molecular weight excluding hydrogens is 441 g/mol. The monoisotopic (exact) mass is 454 g/mol. The van der Waals surface area contributed by atoms with E-state index in [1.54, 1.807) is 0 Å². The first-order valence-corrected chi connectivity index (χ1v) is 8.52. The molecule has 0 atom stereocenters. The van der Waals surface area contributed by atoms with Crippen molar-refractivity contribution in [1.29, 1.82) is 0 Å². The minimum Gasteiger partial charge on any atom is -0.790 e. The first kappa shape index (κ1) is 27.9. The third kappa shape index (κ3) is 34.4. The van der Waals surface area contributed by atoms with Crippen molar-refractivity contribution in [2.24, 2.45) is 0 Å². The predicted octanol–water partition coefficient (Wildman–Crippen LogP) is -2.61. The molecule has 2 N–H and O–H groups in total. The van der Waals surface area contributed by atoms with Crippen molar-refractivity contribution in [3.8, 4) is 0 Å². The zero-order chi connectivity index (χ0) is 17.8. The maximum Gasteiger partial charge on any atom is 4.00 e. The van der Waals surface area contributed by atoms with Crippen LogP contribution in [0.4, 0.5) is 0 Å². The summed E-state index contributed by atoms with van der Waals surface area (Å²) in [4.78, 5) is 58.8. The fraction of sp³-hybridized carbons (Fsp3) is 0.750. The number of phosphoric acid groups is 2. The van der Waals surface area contributed by atoms with Crippen LogP contribution in [0.1, 0.15) is 25.7 Å². The van der Waals surface area contributed by atoms with E-state index in [-0.39, 0.29) is 65.1 Å². The van der Waals surface area contributed by atoms with Gasteiger partial charge in [0, 0.05) is 12.8 Å². The maximum absolute atomic E-state index is 9.84. The van der Waals surface area contributed by atoms with Crippen LogP contribution in [-0.4, -0.2) is 35.4 Å². The first-order chi connectivity index (χ1) is 9.83. The van der Waals surface area contributed by atoms with Crippen LogP contribution in [0.5, 0.6) is 0 Å². The van der Waals surface area contributed by atoms with Gasteiger partial charge in [0.25, 0.3) is 0 Å². The van der Waals surface area contributed by atoms with Crippen LogP contribution in [0.25, 0.3) is 0 Å². The number of phosphoric ester groups is 2. The normalized spacial score (nSPS) is 11.0. The smallest absolute Gasteiger partial charge is 0.790 e. The molecule has 0 unspecified atom stereocenters. The molecule has 0 aromatic heterocycles. The van der Waals surface area contributed by atoms with Crippen LogP contribution in [0.2, 0.25) is 0 Å². The molecule has 0 aromatic carbocycles. The second-order valence-corrected chi connectivity index (χ2v) is 5.86. The van der Waals surface area contributed by atoms with Crippen LogP contribution in [0, 0.1) is 0 Å². The molecular formula is C8H14O12P2Zr. The van der Waals surface area contributed by atoms with Crippen LogP contribution < -0.4 is 19.6 Å². The molecule has 23 heavy (non-hydrogen) atoms. The molecule has 0 radical (unpaired) electrons. The van der Waals surface area contributed by atoms with Crippen LogP contribution >= 0.6 is 15.6 Å². The Bertz CT molecular complexity index is 389. The Balaban J connectivity index is -0.000000333. The summed E-state index contributed by atoms with van der Waals surface area (Å²) in [6.07, 6.45) is -0.381. The van der Waals surface area contributed by atoms with Crippen molar-refractivity contribution in [3.05, 3.63) is 0 Å². The molecule has 0 rings (SSSR count). The number of rotatable bonds is 10. The topological polar surface area (TPSA) is 219 Å². The van der Waals surface area contributed by atoms with Crippen LogP contribution in [-0.2, 0) is 54.0 Å². The second-order valence-electron chi connectivity index (χ2n) is 3.56. The van der Waals surface area contributed by atoms with Crippen LogP contribution in [0.3, 0.4) is 0 Å². The molecule has 132 valence electrons. The van der Waals surface area contributed by atoms with Gasteiger partial charge in [0.15, 0.2) is 0 Å². The third-order valence-corrected chi connectivity index (χ3v) is 2.57. The Morgan fingerprint density at radius 3 is 1.22 bits per heavy atom. The summed E-state index contributed by atoms with van der Waals surface area (Å²) in [7, 11) is -9.84. The van der Waals surface area contributed by atoms with Gasteiger partial charge in [0.1, 0.15) is 0 Å². The molecule has 0 aliphatic carbocycles. The fourth-order valence-corrected chi connectivity index (χ4v) is 1.50. The summed E-state index contributed by atoms with van der Waals surface area (Å²) in [5.41, 5.74) is 0. The van der Waals surface area contributed by atoms with Gasteiger partial charge in [-0.25, -0.2) is 0 Å². The Hall–Kier alpha value is 0.0431. The summed E-state index contributed by atoms with van der Waals surface area (Å²) in [6, 6.07) is 0. The summed E-state index contributed by atoms with van der Waals surface area (Å²) in [5.74, 6) is -2.11. The predicted molar refractivity (Wildman–Crippen MR) is 60.9 cm³/mol. The molecule has 0 fully saturated rings. The fourth-order valence-electron chi connectivity index (χ4n) is 0.799. The second kappa shape index (κ2) is 14.4. The zero-order valence-electron chi connectivity index (χ0n) is 11.6. The van der Waals surface area contributed by atoms with Gasteiger partial charge in [-0.15, -0.1) is 0 Å². The van der Waals surface area contributed by atoms with Crippen molar-refractivity contribution >= 4 is 27.6 Å². The van der Waals surface area contributed by atoms with E-state index in [2.05, 4.69) is 9.05 Å². The molecule has 0 saturated carbocycles. The van der Waals surface area contributed by atoms with E-state index in [1.165, 1.54) is 0 Å². The third-order valence-electron chi connectivity index (χ3n) is 1.57. The van der Waals surface area contributed by atoms with Crippen molar-refractivity contribution in [3.63, 3.8) is 0 Å². The molecule has 0 bridgehead atoms. The van der Waals surface area contributed by atoms with Crippen molar-refractivity contribution in [2.45, 2.75) is 25.7 Å². The largest absolute Gasteiger partial charge is 4.00 e. The van der Waals surface area contributed by atoms with E-state index in [0.29, 0.717) is 0 Å². The zero-order valence-corrected chi connectivity index (χ0v) is 15.9. The molecule has 0 aliphatic rings. The quantitative estimate of drug-likeness (QED) is 0.256. The minimum atomic E-state index is -4.92. The standard InChI is InChI=1S/2C4H9O6P.Zr/c2*5-4(6)2-1-3-10-11(7,8)9;/h2*1-3H2,(H,5,6)(H2,7,8,9);/q;;+4/p-4. The molecule has 0 saturated heterocycles. The molecule has 0 heterocycles. The average molecular weight is 455 g/mol. The van der Waals surface area contributed by atoms with Crippen molar-refractivity contribution < 1.29 is 83.8 Å².